The number of carbonyl (C=O) groups excluding carboxylic acids is 1. The maximum absolute atomic E-state index is 12.1. The van der Waals surface area contributed by atoms with Gasteiger partial charge in [0.1, 0.15) is 11.5 Å². The topological polar surface area (TPSA) is 76.1 Å². The zero-order chi connectivity index (χ0) is 16.5. The van der Waals surface area contributed by atoms with Crippen LogP contribution in [0.15, 0.2) is 18.2 Å². The third-order valence-electron chi connectivity index (χ3n) is 3.37. The highest BCUT2D eigenvalue weighted by molar-refractivity contribution is 5.77. The summed E-state index contributed by atoms with van der Waals surface area (Å²) < 4.78 is 10.4. The van der Waals surface area contributed by atoms with Crippen LogP contribution in [0, 0.1) is 0 Å². The summed E-state index contributed by atoms with van der Waals surface area (Å²) in [5, 5.41) is 8.70. The molecule has 1 amide bonds. The Morgan fingerprint density at radius 3 is 2.14 bits per heavy atom. The number of carboxylic acid groups (broad SMARTS) is 1. The molecular formula is C16H23NO5. The van der Waals surface area contributed by atoms with E-state index in [4.69, 9.17) is 14.6 Å². The lowest BCUT2D eigenvalue weighted by Crippen LogP contribution is -2.32. The maximum Gasteiger partial charge on any atom is 0.305 e. The van der Waals surface area contributed by atoms with Crippen LogP contribution in [-0.4, -0.2) is 49.2 Å². The summed E-state index contributed by atoms with van der Waals surface area (Å²) in [6.45, 7) is 2.59. The first-order chi connectivity index (χ1) is 10.5. The lowest BCUT2D eigenvalue weighted by molar-refractivity contribution is -0.138. The largest absolute Gasteiger partial charge is 0.497 e. The molecule has 0 spiro atoms. The van der Waals surface area contributed by atoms with Gasteiger partial charge in [-0.3, -0.25) is 9.59 Å². The van der Waals surface area contributed by atoms with Crippen LogP contribution < -0.4 is 9.47 Å². The van der Waals surface area contributed by atoms with Crippen LogP contribution in [0.25, 0.3) is 0 Å². The summed E-state index contributed by atoms with van der Waals surface area (Å²) in [5.74, 6) is 0.411. The molecule has 0 aliphatic heterocycles. The fourth-order valence-corrected chi connectivity index (χ4v) is 2.11. The monoisotopic (exact) mass is 309 g/mol. The van der Waals surface area contributed by atoms with E-state index in [0.717, 1.165) is 5.56 Å². The highest BCUT2D eigenvalue weighted by Crippen LogP contribution is 2.23. The number of aryl methyl sites for hydroxylation is 1. The Kier molecular flexibility index (Phi) is 7.22. The van der Waals surface area contributed by atoms with Crippen molar-refractivity contribution >= 4 is 11.9 Å². The summed E-state index contributed by atoms with van der Waals surface area (Å²) in [6.07, 6.45) is 0.840. The lowest BCUT2D eigenvalue weighted by atomic mass is 10.1. The number of aliphatic carboxylic acids is 1. The van der Waals surface area contributed by atoms with Crippen molar-refractivity contribution in [1.29, 1.82) is 0 Å². The van der Waals surface area contributed by atoms with Gasteiger partial charge in [0.2, 0.25) is 5.91 Å². The number of ether oxygens (including phenoxy) is 2. The average molecular weight is 309 g/mol. The number of carboxylic acids is 1. The molecule has 0 radical (unpaired) electrons. The first kappa shape index (κ1) is 17.8. The molecule has 1 rings (SSSR count). The van der Waals surface area contributed by atoms with Crippen molar-refractivity contribution in [2.75, 3.05) is 27.3 Å². The van der Waals surface area contributed by atoms with Crippen molar-refractivity contribution < 1.29 is 24.2 Å². The van der Waals surface area contributed by atoms with E-state index in [1.165, 1.54) is 0 Å². The van der Waals surface area contributed by atoms with Gasteiger partial charge in [-0.15, -0.1) is 0 Å². The summed E-state index contributed by atoms with van der Waals surface area (Å²) in [5.41, 5.74) is 0.943. The third-order valence-corrected chi connectivity index (χ3v) is 3.37. The molecule has 0 aliphatic carbocycles. The standard InChI is InChI=1S/C16H23NO5/c1-4-17(8-7-16(19)20)15(18)6-5-12-9-13(21-2)11-14(10-12)22-3/h9-11H,4-8H2,1-3H3,(H,19,20). The molecule has 0 aromatic heterocycles. The Hall–Kier alpha value is -2.24. The normalized spacial score (nSPS) is 10.1. The van der Waals surface area contributed by atoms with E-state index < -0.39 is 5.97 Å². The number of hydrogen-bond donors (Lipinski definition) is 1. The predicted molar refractivity (Wildman–Crippen MR) is 82.4 cm³/mol. The van der Waals surface area contributed by atoms with Crippen LogP contribution in [0.1, 0.15) is 25.3 Å². The second-order valence-electron chi connectivity index (χ2n) is 4.84. The van der Waals surface area contributed by atoms with Crippen molar-refractivity contribution in [2.24, 2.45) is 0 Å². The summed E-state index contributed by atoms with van der Waals surface area (Å²) in [6, 6.07) is 5.50. The third kappa shape index (κ3) is 5.63. The van der Waals surface area contributed by atoms with Gasteiger partial charge >= 0.3 is 5.97 Å². The van der Waals surface area contributed by atoms with Gasteiger partial charge in [-0.05, 0) is 31.0 Å². The van der Waals surface area contributed by atoms with E-state index in [9.17, 15) is 9.59 Å². The Morgan fingerprint density at radius 1 is 1.09 bits per heavy atom. The molecule has 6 heteroatoms. The van der Waals surface area contributed by atoms with Crippen LogP contribution in [0.2, 0.25) is 0 Å². The molecule has 122 valence electrons. The Labute approximate surface area is 130 Å². The fourth-order valence-electron chi connectivity index (χ4n) is 2.11. The molecule has 0 atom stereocenters. The number of rotatable bonds is 9. The van der Waals surface area contributed by atoms with Crippen LogP contribution in [0.3, 0.4) is 0 Å². The quantitative estimate of drug-likeness (QED) is 0.754. The minimum Gasteiger partial charge on any atom is -0.497 e. The number of hydrogen-bond acceptors (Lipinski definition) is 4. The van der Waals surface area contributed by atoms with E-state index in [1.807, 2.05) is 19.1 Å². The minimum absolute atomic E-state index is 0.0352. The molecule has 0 saturated heterocycles. The van der Waals surface area contributed by atoms with Gasteiger partial charge in [-0.2, -0.15) is 0 Å². The smallest absolute Gasteiger partial charge is 0.305 e. The second-order valence-corrected chi connectivity index (χ2v) is 4.84. The van der Waals surface area contributed by atoms with Crippen molar-refractivity contribution in [1.82, 2.24) is 4.90 Å². The first-order valence-corrected chi connectivity index (χ1v) is 7.21. The molecule has 0 aliphatic rings. The molecule has 0 saturated carbocycles. The molecule has 1 aromatic carbocycles. The maximum atomic E-state index is 12.1. The van der Waals surface area contributed by atoms with Crippen molar-refractivity contribution in [3.05, 3.63) is 23.8 Å². The zero-order valence-electron chi connectivity index (χ0n) is 13.3. The van der Waals surface area contributed by atoms with E-state index in [2.05, 4.69) is 0 Å². The number of nitrogens with zero attached hydrogens (tertiary/aromatic N) is 1. The molecule has 6 nitrogen and oxygen atoms in total. The zero-order valence-corrected chi connectivity index (χ0v) is 13.3. The molecule has 0 unspecified atom stereocenters. The van der Waals surface area contributed by atoms with Crippen molar-refractivity contribution in [2.45, 2.75) is 26.2 Å². The van der Waals surface area contributed by atoms with Crippen molar-refractivity contribution in [3.63, 3.8) is 0 Å². The summed E-state index contributed by atoms with van der Waals surface area (Å²) in [7, 11) is 3.16. The van der Waals surface area contributed by atoms with Gasteiger partial charge in [0.15, 0.2) is 0 Å². The molecule has 0 heterocycles. The predicted octanol–water partition coefficient (Wildman–Crippen LogP) is 1.96. The molecule has 0 fully saturated rings. The second kappa shape index (κ2) is 8.92. The van der Waals surface area contributed by atoms with Gasteiger partial charge in [-0.1, -0.05) is 0 Å². The number of benzene rings is 1. The average Bonchev–Trinajstić information content (AvgIpc) is 2.52. The summed E-state index contributed by atoms with van der Waals surface area (Å²) >= 11 is 0. The SMILES string of the molecule is CCN(CCC(=O)O)C(=O)CCc1cc(OC)cc(OC)c1. The fraction of sp³-hybridized carbons (Fsp3) is 0.500. The Balaban J connectivity index is 2.63. The van der Waals surface area contributed by atoms with Crippen molar-refractivity contribution in [3.8, 4) is 11.5 Å². The van der Waals surface area contributed by atoms with Crippen LogP contribution >= 0.6 is 0 Å². The van der Waals surface area contributed by atoms with Gasteiger partial charge in [-0.25, -0.2) is 0 Å². The number of amides is 1. The lowest BCUT2D eigenvalue weighted by Gasteiger charge is -2.20. The van der Waals surface area contributed by atoms with E-state index in [0.29, 0.717) is 30.9 Å². The number of methoxy groups -OCH3 is 2. The molecule has 0 bridgehead atoms. The Bertz CT molecular complexity index is 493. The highest BCUT2D eigenvalue weighted by atomic mass is 16.5. The number of carbonyl (C=O) groups is 2. The Morgan fingerprint density at radius 2 is 1.68 bits per heavy atom. The van der Waals surface area contributed by atoms with Gasteiger partial charge < -0.3 is 19.5 Å². The van der Waals surface area contributed by atoms with Crippen LogP contribution in [-0.2, 0) is 16.0 Å². The van der Waals surface area contributed by atoms with E-state index >= 15 is 0 Å². The van der Waals surface area contributed by atoms with Gasteiger partial charge in [0, 0.05) is 25.6 Å². The first-order valence-electron chi connectivity index (χ1n) is 7.21. The van der Waals surface area contributed by atoms with Crippen LogP contribution in [0.4, 0.5) is 0 Å². The molecular weight excluding hydrogens is 286 g/mol. The van der Waals surface area contributed by atoms with E-state index in [-0.39, 0.29) is 18.9 Å². The summed E-state index contributed by atoms with van der Waals surface area (Å²) in [4.78, 5) is 24.3. The minimum atomic E-state index is -0.899. The van der Waals surface area contributed by atoms with E-state index in [1.54, 1.807) is 25.2 Å². The van der Waals surface area contributed by atoms with Crippen LogP contribution in [0.5, 0.6) is 11.5 Å². The molecule has 22 heavy (non-hydrogen) atoms. The van der Waals surface area contributed by atoms with Gasteiger partial charge in [0.25, 0.3) is 0 Å². The molecule has 1 N–H and O–H groups in total. The highest BCUT2D eigenvalue weighted by Gasteiger charge is 2.13. The molecule has 1 aromatic rings. The van der Waals surface area contributed by atoms with Gasteiger partial charge in [0.05, 0.1) is 20.6 Å².